The second kappa shape index (κ2) is 8.71. The van der Waals surface area contributed by atoms with Gasteiger partial charge < -0.3 is 19.5 Å². The summed E-state index contributed by atoms with van der Waals surface area (Å²) in [5.74, 6) is 1.53. The molecule has 0 amide bonds. The lowest BCUT2D eigenvalue weighted by Gasteiger charge is -2.14. The lowest BCUT2D eigenvalue weighted by atomic mass is 10.2. The van der Waals surface area contributed by atoms with Gasteiger partial charge in [0.2, 0.25) is 0 Å². The Hall–Kier alpha value is -2.04. The lowest BCUT2D eigenvalue weighted by molar-refractivity contribution is 0.110. The zero-order chi connectivity index (χ0) is 16.6. The summed E-state index contributed by atoms with van der Waals surface area (Å²) in [5, 5.41) is 3.45. The molecule has 1 heterocycles. The van der Waals surface area contributed by atoms with Crippen molar-refractivity contribution in [1.82, 2.24) is 5.32 Å². The van der Waals surface area contributed by atoms with Crippen molar-refractivity contribution < 1.29 is 14.2 Å². The summed E-state index contributed by atoms with van der Waals surface area (Å²) in [5.41, 5.74) is 2.32. The zero-order valence-corrected chi connectivity index (χ0v) is 14.2. The number of benzene rings is 2. The molecule has 24 heavy (non-hydrogen) atoms. The molecule has 128 valence electrons. The van der Waals surface area contributed by atoms with E-state index in [-0.39, 0.29) is 0 Å². The van der Waals surface area contributed by atoms with Crippen molar-refractivity contribution in [3.63, 3.8) is 0 Å². The molecule has 1 atom stereocenters. The van der Waals surface area contributed by atoms with Crippen molar-refractivity contribution in [3.8, 4) is 11.5 Å². The first-order valence-electron chi connectivity index (χ1n) is 8.51. The average Bonchev–Trinajstić information content (AvgIpc) is 3.15. The molecule has 0 saturated carbocycles. The lowest BCUT2D eigenvalue weighted by Crippen LogP contribution is -2.25. The summed E-state index contributed by atoms with van der Waals surface area (Å²) in [7, 11) is 1.67. The first-order chi connectivity index (χ1) is 11.8. The van der Waals surface area contributed by atoms with Gasteiger partial charge >= 0.3 is 0 Å². The molecular weight excluding hydrogens is 302 g/mol. The van der Waals surface area contributed by atoms with Gasteiger partial charge in [0.1, 0.15) is 6.61 Å². The fraction of sp³-hybridized carbons (Fsp3) is 0.400. The Bertz CT molecular complexity index is 624. The molecule has 1 saturated heterocycles. The minimum absolute atomic E-state index is 0.361. The number of hydrogen-bond acceptors (Lipinski definition) is 4. The normalized spacial score (nSPS) is 17.0. The standard InChI is InChI=1S/C20H25NO3/c1-22-20-12-17(13-21-14-18-8-5-11-23-18)9-10-19(20)24-15-16-6-3-2-4-7-16/h2-4,6-7,9-10,12,18,21H,5,8,11,13-15H2,1H3/t18-/m1/s1. The number of rotatable bonds is 8. The fourth-order valence-electron chi connectivity index (χ4n) is 2.86. The van der Waals surface area contributed by atoms with Gasteiger partial charge in [-0.05, 0) is 36.1 Å². The molecule has 0 aromatic heterocycles. The Balaban J connectivity index is 1.53. The Morgan fingerprint density at radius 3 is 2.71 bits per heavy atom. The SMILES string of the molecule is COc1cc(CNC[C@H]2CCCO2)ccc1OCc1ccccc1. The third kappa shape index (κ3) is 4.73. The number of hydrogen-bond donors (Lipinski definition) is 1. The molecule has 0 bridgehead atoms. The van der Waals surface area contributed by atoms with Crippen LogP contribution >= 0.6 is 0 Å². The number of ether oxygens (including phenoxy) is 3. The van der Waals surface area contributed by atoms with Crippen LogP contribution < -0.4 is 14.8 Å². The Morgan fingerprint density at radius 1 is 1.08 bits per heavy atom. The Kier molecular flexibility index (Phi) is 6.10. The second-order valence-electron chi connectivity index (χ2n) is 6.03. The van der Waals surface area contributed by atoms with Gasteiger partial charge in [0.05, 0.1) is 13.2 Å². The van der Waals surface area contributed by atoms with Crippen molar-refractivity contribution in [3.05, 3.63) is 59.7 Å². The van der Waals surface area contributed by atoms with Gasteiger partial charge in [-0.2, -0.15) is 0 Å². The molecule has 0 radical (unpaired) electrons. The first kappa shape index (κ1) is 16.8. The Morgan fingerprint density at radius 2 is 1.96 bits per heavy atom. The molecule has 1 fully saturated rings. The predicted molar refractivity (Wildman–Crippen MR) is 94.4 cm³/mol. The zero-order valence-electron chi connectivity index (χ0n) is 14.2. The van der Waals surface area contributed by atoms with Gasteiger partial charge in [-0.25, -0.2) is 0 Å². The van der Waals surface area contributed by atoms with Crippen LogP contribution in [0.3, 0.4) is 0 Å². The third-order valence-corrected chi connectivity index (χ3v) is 4.19. The largest absolute Gasteiger partial charge is 0.493 e. The molecule has 0 unspecified atom stereocenters. The fourth-order valence-corrected chi connectivity index (χ4v) is 2.86. The van der Waals surface area contributed by atoms with Gasteiger partial charge in [-0.15, -0.1) is 0 Å². The summed E-state index contributed by atoms with van der Waals surface area (Å²) in [6, 6.07) is 16.2. The first-order valence-corrected chi connectivity index (χ1v) is 8.51. The minimum atomic E-state index is 0.361. The molecular formula is C20H25NO3. The van der Waals surface area contributed by atoms with E-state index in [1.54, 1.807) is 7.11 Å². The summed E-state index contributed by atoms with van der Waals surface area (Å²) >= 11 is 0. The van der Waals surface area contributed by atoms with E-state index < -0.39 is 0 Å². The van der Waals surface area contributed by atoms with Crippen molar-refractivity contribution in [2.24, 2.45) is 0 Å². The maximum atomic E-state index is 5.89. The van der Waals surface area contributed by atoms with E-state index in [4.69, 9.17) is 14.2 Å². The van der Waals surface area contributed by atoms with Gasteiger partial charge in [0, 0.05) is 19.7 Å². The van der Waals surface area contributed by atoms with Crippen LogP contribution in [0.4, 0.5) is 0 Å². The molecule has 1 aliphatic rings. The minimum Gasteiger partial charge on any atom is -0.493 e. The highest BCUT2D eigenvalue weighted by Crippen LogP contribution is 2.28. The molecule has 1 aliphatic heterocycles. The van der Waals surface area contributed by atoms with Gasteiger partial charge in [-0.3, -0.25) is 0 Å². The molecule has 4 heteroatoms. The highest BCUT2D eigenvalue weighted by molar-refractivity contribution is 5.43. The Labute approximate surface area is 143 Å². The van der Waals surface area contributed by atoms with Crippen LogP contribution in [-0.2, 0) is 17.9 Å². The highest BCUT2D eigenvalue weighted by atomic mass is 16.5. The van der Waals surface area contributed by atoms with E-state index in [1.807, 2.05) is 30.3 Å². The summed E-state index contributed by atoms with van der Waals surface area (Å²) in [6.45, 7) is 3.13. The molecule has 0 aliphatic carbocycles. The average molecular weight is 327 g/mol. The maximum Gasteiger partial charge on any atom is 0.161 e. The topological polar surface area (TPSA) is 39.7 Å². The summed E-state index contributed by atoms with van der Waals surface area (Å²) in [6.07, 6.45) is 2.69. The van der Waals surface area contributed by atoms with Gasteiger partial charge in [-0.1, -0.05) is 36.4 Å². The summed E-state index contributed by atoms with van der Waals surface area (Å²) in [4.78, 5) is 0. The van der Waals surface area contributed by atoms with Crippen LogP contribution in [0.25, 0.3) is 0 Å². The van der Waals surface area contributed by atoms with Crippen LogP contribution in [0.1, 0.15) is 24.0 Å². The molecule has 3 rings (SSSR count). The highest BCUT2D eigenvalue weighted by Gasteiger charge is 2.14. The van der Waals surface area contributed by atoms with Crippen molar-refractivity contribution in [2.45, 2.75) is 32.1 Å². The van der Waals surface area contributed by atoms with Crippen LogP contribution in [0.2, 0.25) is 0 Å². The van der Waals surface area contributed by atoms with Crippen LogP contribution in [0.15, 0.2) is 48.5 Å². The predicted octanol–water partition coefficient (Wildman–Crippen LogP) is 3.54. The maximum absolute atomic E-state index is 5.89. The van der Waals surface area contributed by atoms with E-state index in [0.29, 0.717) is 12.7 Å². The number of nitrogens with one attached hydrogen (secondary N) is 1. The van der Waals surface area contributed by atoms with Crippen molar-refractivity contribution in [1.29, 1.82) is 0 Å². The third-order valence-electron chi connectivity index (χ3n) is 4.19. The molecule has 0 spiro atoms. The van der Waals surface area contributed by atoms with E-state index in [1.165, 1.54) is 12.0 Å². The molecule has 4 nitrogen and oxygen atoms in total. The van der Waals surface area contributed by atoms with Gasteiger partial charge in [0.15, 0.2) is 11.5 Å². The van der Waals surface area contributed by atoms with E-state index >= 15 is 0 Å². The van der Waals surface area contributed by atoms with Gasteiger partial charge in [0.25, 0.3) is 0 Å². The number of methoxy groups -OCH3 is 1. The van der Waals surface area contributed by atoms with Crippen LogP contribution in [-0.4, -0.2) is 26.4 Å². The smallest absolute Gasteiger partial charge is 0.161 e. The van der Waals surface area contributed by atoms with E-state index in [9.17, 15) is 0 Å². The van der Waals surface area contributed by atoms with Crippen molar-refractivity contribution in [2.75, 3.05) is 20.3 Å². The molecule has 1 N–H and O–H groups in total. The van der Waals surface area contributed by atoms with E-state index in [2.05, 4.69) is 23.5 Å². The van der Waals surface area contributed by atoms with Crippen molar-refractivity contribution >= 4 is 0 Å². The van der Waals surface area contributed by atoms with E-state index in [0.717, 1.165) is 43.2 Å². The quantitative estimate of drug-likeness (QED) is 0.805. The molecule has 2 aromatic carbocycles. The summed E-state index contributed by atoms with van der Waals surface area (Å²) < 4.78 is 17.0. The second-order valence-corrected chi connectivity index (χ2v) is 6.03. The van der Waals surface area contributed by atoms with Crippen LogP contribution in [0, 0.1) is 0 Å². The van der Waals surface area contributed by atoms with Crippen LogP contribution in [0.5, 0.6) is 11.5 Å². The molecule has 2 aromatic rings. The monoisotopic (exact) mass is 327 g/mol.